The lowest BCUT2D eigenvalue weighted by atomic mass is 10.2. The molecular formula is C17H15NS2. The van der Waals surface area contributed by atoms with Gasteiger partial charge in [0.05, 0.1) is 5.52 Å². The van der Waals surface area contributed by atoms with Gasteiger partial charge in [0.25, 0.3) is 0 Å². The van der Waals surface area contributed by atoms with Crippen molar-refractivity contribution in [3.05, 3.63) is 88.4 Å². The molecule has 0 amide bonds. The molecule has 0 aliphatic carbocycles. The average molecular weight is 297 g/mol. The van der Waals surface area contributed by atoms with E-state index in [1.807, 2.05) is 76.2 Å². The van der Waals surface area contributed by atoms with Crippen LogP contribution >= 0.6 is 22.7 Å². The maximum Gasteiger partial charge on any atom is 0.0701 e. The Hall–Kier alpha value is -1.97. The van der Waals surface area contributed by atoms with Crippen molar-refractivity contribution in [1.82, 2.24) is 4.98 Å². The summed E-state index contributed by atoms with van der Waals surface area (Å²) in [6.45, 7) is 0. The van der Waals surface area contributed by atoms with Gasteiger partial charge in [-0.25, -0.2) is 0 Å². The predicted octanol–water partition coefficient (Wildman–Crippen LogP) is 5.73. The Morgan fingerprint density at radius 1 is 0.600 bits per heavy atom. The van der Waals surface area contributed by atoms with Crippen molar-refractivity contribution in [3.63, 3.8) is 0 Å². The molecule has 0 unspecified atom stereocenters. The first kappa shape index (κ1) is 14.4. The highest BCUT2D eigenvalue weighted by molar-refractivity contribution is 7.08. The van der Waals surface area contributed by atoms with Crippen molar-refractivity contribution in [2.45, 2.75) is 0 Å². The van der Waals surface area contributed by atoms with E-state index in [4.69, 9.17) is 0 Å². The second-order valence-electron chi connectivity index (χ2n) is 3.78. The number of thiophene rings is 2. The smallest absolute Gasteiger partial charge is 0.0701 e. The van der Waals surface area contributed by atoms with E-state index in [1.54, 1.807) is 22.7 Å². The minimum absolute atomic E-state index is 1.06. The van der Waals surface area contributed by atoms with Crippen LogP contribution in [0.4, 0.5) is 0 Å². The Kier molecular flexibility index (Phi) is 6.51. The molecule has 3 heterocycles. The monoisotopic (exact) mass is 297 g/mol. The van der Waals surface area contributed by atoms with Crippen LogP contribution in [0.3, 0.4) is 0 Å². The Labute approximate surface area is 127 Å². The first-order valence-electron chi connectivity index (χ1n) is 6.21. The summed E-state index contributed by atoms with van der Waals surface area (Å²) in [5.41, 5.74) is 1.06. The molecule has 100 valence electrons. The number of benzene rings is 1. The van der Waals surface area contributed by atoms with Crippen LogP contribution < -0.4 is 0 Å². The van der Waals surface area contributed by atoms with Crippen LogP contribution in [0, 0.1) is 0 Å². The molecule has 0 aliphatic heterocycles. The third kappa shape index (κ3) is 5.34. The van der Waals surface area contributed by atoms with E-state index >= 15 is 0 Å². The lowest BCUT2D eigenvalue weighted by Gasteiger charge is -1.91. The van der Waals surface area contributed by atoms with Crippen molar-refractivity contribution >= 4 is 33.6 Å². The topological polar surface area (TPSA) is 12.9 Å². The van der Waals surface area contributed by atoms with E-state index in [2.05, 4.69) is 17.1 Å². The summed E-state index contributed by atoms with van der Waals surface area (Å²) in [5, 5.41) is 9.37. The van der Waals surface area contributed by atoms with Gasteiger partial charge in [-0.15, -0.1) is 0 Å². The van der Waals surface area contributed by atoms with Gasteiger partial charge in [-0.2, -0.15) is 22.7 Å². The first-order valence-corrected chi connectivity index (χ1v) is 8.09. The summed E-state index contributed by atoms with van der Waals surface area (Å²) in [5.74, 6) is 0. The van der Waals surface area contributed by atoms with Gasteiger partial charge in [-0.3, -0.25) is 4.98 Å². The second-order valence-corrected chi connectivity index (χ2v) is 5.42. The van der Waals surface area contributed by atoms with E-state index in [9.17, 15) is 0 Å². The molecule has 1 aromatic carbocycles. The maximum atomic E-state index is 4.18. The first-order chi connectivity index (χ1) is 9.97. The molecule has 0 saturated carbocycles. The third-order valence-electron chi connectivity index (χ3n) is 2.36. The number of rotatable bonds is 0. The maximum absolute atomic E-state index is 4.18. The van der Waals surface area contributed by atoms with Crippen LogP contribution in [0.2, 0.25) is 0 Å². The number of hydrogen-bond acceptors (Lipinski definition) is 3. The summed E-state index contributed by atoms with van der Waals surface area (Å²) in [6.07, 6.45) is 1.81. The normalized spacial score (nSPS) is 9.00. The van der Waals surface area contributed by atoms with E-state index in [0.717, 1.165) is 5.52 Å². The van der Waals surface area contributed by atoms with Gasteiger partial charge in [0.2, 0.25) is 0 Å². The minimum Gasteiger partial charge on any atom is -0.256 e. The molecule has 3 heteroatoms. The number of pyridine rings is 1. The largest absolute Gasteiger partial charge is 0.256 e. The Bertz CT molecular complexity index is 547. The molecule has 0 saturated heterocycles. The van der Waals surface area contributed by atoms with Crippen molar-refractivity contribution in [2.24, 2.45) is 0 Å². The minimum atomic E-state index is 1.06. The molecule has 0 fully saturated rings. The molecular weight excluding hydrogens is 282 g/mol. The van der Waals surface area contributed by atoms with Crippen molar-refractivity contribution in [3.8, 4) is 0 Å². The van der Waals surface area contributed by atoms with Crippen LogP contribution in [0.5, 0.6) is 0 Å². The van der Waals surface area contributed by atoms with E-state index < -0.39 is 0 Å². The third-order valence-corrected chi connectivity index (χ3v) is 3.62. The lowest BCUT2D eigenvalue weighted by molar-refractivity contribution is 1.41. The van der Waals surface area contributed by atoms with Crippen LogP contribution in [0.15, 0.2) is 88.4 Å². The molecule has 1 nitrogen and oxygen atoms in total. The van der Waals surface area contributed by atoms with Gasteiger partial charge in [0, 0.05) is 11.6 Å². The Morgan fingerprint density at radius 3 is 1.65 bits per heavy atom. The zero-order valence-corrected chi connectivity index (χ0v) is 12.6. The highest BCUT2D eigenvalue weighted by Gasteiger charge is 1.86. The molecule has 4 aromatic rings. The molecule has 0 spiro atoms. The predicted molar refractivity (Wildman–Crippen MR) is 90.4 cm³/mol. The van der Waals surface area contributed by atoms with Crippen molar-refractivity contribution in [2.75, 3.05) is 0 Å². The lowest BCUT2D eigenvalue weighted by Crippen LogP contribution is -1.73. The quantitative estimate of drug-likeness (QED) is 0.404. The van der Waals surface area contributed by atoms with Gasteiger partial charge in [0.1, 0.15) is 0 Å². The van der Waals surface area contributed by atoms with Crippen LogP contribution in [-0.2, 0) is 0 Å². The van der Waals surface area contributed by atoms with E-state index in [1.165, 1.54) is 5.39 Å². The SMILES string of the molecule is c1ccc2ncccc2c1.c1ccsc1.c1ccsc1. The van der Waals surface area contributed by atoms with Crippen molar-refractivity contribution in [1.29, 1.82) is 0 Å². The number of nitrogens with zero attached hydrogens (tertiary/aromatic N) is 1. The van der Waals surface area contributed by atoms with Crippen LogP contribution in [0.1, 0.15) is 0 Å². The molecule has 0 aliphatic rings. The summed E-state index contributed by atoms with van der Waals surface area (Å²) in [4.78, 5) is 4.18. The Morgan fingerprint density at radius 2 is 1.15 bits per heavy atom. The molecule has 0 N–H and O–H groups in total. The van der Waals surface area contributed by atoms with Gasteiger partial charge in [0.15, 0.2) is 0 Å². The molecule has 4 rings (SSSR count). The molecule has 0 bridgehead atoms. The molecule has 3 aromatic heterocycles. The summed E-state index contributed by atoms with van der Waals surface area (Å²) in [6, 6.07) is 20.2. The zero-order valence-electron chi connectivity index (χ0n) is 10.9. The van der Waals surface area contributed by atoms with Gasteiger partial charge >= 0.3 is 0 Å². The molecule has 0 radical (unpaired) electrons. The number of aromatic nitrogens is 1. The van der Waals surface area contributed by atoms with E-state index in [-0.39, 0.29) is 0 Å². The fraction of sp³-hybridized carbons (Fsp3) is 0. The molecule has 0 atom stereocenters. The summed E-state index contributed by atoms with van der Waals surface area (Å²) in [7, 11) is 0. The summed E-state index contributed by atoms with van der Waals surface area (Å²) >= 11 is 3.43. The fourth-order valence-electron chi connectivity index (χ4n) is 1.47. The fourth-order valence-corrected chi connectivity index (χ4v) is 2.38. The zero-order chi connectivity index (χ0) is 13.9. The van der Waals surface area contributed by atoms with Crippen LogP contribution in [0.25, 0.3) is 10.9 Å². The average Bonchev–Trinajstić information content (AvgIpc) is 3.25. The molecule has 20 heavy (non-hydrogen) atoms. The summed E-state index contributed by atoms with van der Waals surface area (Å²) < 4.78 is 0. The van der Waals surface area contributed by atoms with Gasteiger partial charge in [-0.1, -0.05) is 48.5 Å². The van der Waals surface area contributed by atoms with Gasteiger partial charge in [-0.05, 0) is 33.7 Å². The standard InChI is InChI=1S/C9H7N.2C4H4S/c1-2-6-9-8(4-1)5-3-7-10-9;2*1-2-4-5-3-1/h1-7H;2*1-4H. The highest BCUT2D eigenvalue weighted by atomic mass is 32.1. The second kappa shape index (κ2) is 9.02. The Balaban J connectivity index is 0.000000124. The number of para-hydroxylation sites is 1. The van der Waals surface area contributed by atoms with Gasteiger partial charge < -0.3 is 0 Å². The number of hydrogen-bond donors (Lipinski definition) is 0. The van der Waals surface area contributed by atoms with Crippen LogP contribution in [-0.4, -0.2) is 4.98 Å². The van der Waals surface area contributed by atoms with E-state index in [0.29, 0.717) is 0 Å². The van der Waals surface area contributed by atoms with Crippen molar-refractivity contribution < 1.29 is 0 Å². The number of fused-ring (bicyclic) bond motifs is 1. The highest BCUT2D eigenvalue weighted by Crippen LogP contribution is 2.07.